The first kappa shape index (κ1) is 17.0. The van der Waals surface area contributed by atoms with Crippen LogP contribution in [0.1, 0.15) is 31.2 Å². The van der Waals surface area contributed by atoms with Crippen LogP contribution in [0.3, 0.4) is 0 Å². The highest BCUT2D eigenvalue weighted by molar-refractivity contribution is 9.10. The molecule has 1 aromatic carbocycles. The highest BCUT2D eigenvalue weighted by Crippen LogP contribution is 2.16. The van der Waals surface area contributed by atoms with Crippen molar-refractivity contribution in [2.24, 2.45) is 0 Å². The Balaban J connectivity index is 2.02. The second-order valence-corrected chi connectivity index (χ2v) is 8.05. The van der Waals surface area contributed by atoms with Gasteiger partial charge in [0, 0.05) is 21.8 Å². The first-order chi connectivity index (χ1) is 8.99. The van der Waals surface area contributed by atoms with Gasteiger partial charge in [0.05, 0.1) is 12.4 Å². The molecule has 0 N–H and O–H groups in total. The van der Waals surface area contributed by atoms with E-state index in [-0.39, 0.29) is 5.75 Å². The van der Waals surface area contributed by atoms with Gasteiger partial charge in [0.2, 0.25) is 9.05 Å². The Kier molecular flexibility index (Phi) is 7.99. The predicted molar refractivity (Wildman–Crippen MR) is 81.9 cm³/mol. The van der Waals surface area contributed by atoms with Gasteiger partial charge in [-0.1, -0.05) is 47.0 Å². The van der Waals surface area contributed by atoms with E-state index in [4.69, 9.17) is 15.4 Å². The molecular weight excluding hydrogens is 352 g/mol. The molecule has 0 fully saturated rings. The molecule has 1 aromatic rings. The third kappa shape index (κ3) is 8.63. The molecule has 6 heteroatoms. The molecule has 0 unspecified atom stereocenters. The van der Waals surface area contributed by atoms with E-state index in [0.717, 1.165) is 29.3 Å². The van der Waals surface area contributed by atoms with Gasteiger partial charge in [0.25, 0.3) is 0 Å². The molecule has 0 aromatic heterocycles. The van der Waals surface area contributed by atoms with Crippen molar-refractivity contribution in [3.05, 3.63) is 34.3 Å². The van der Waals surface area contributed by atoms with Gasteiger partial charge in [-0.15, -0.1) is 0 Å². The molecule has 0 bridgehead atoms. The number of hydrogen-bond donors (Lipinski definition) is 0. The van der Waals surface area contributed by atoms with Crippen LogP contribution in [0, 0.1) is 0 Å². The van der Waals surface area contributed by atoms with Gasteiger partial charge in [0.15, 0.2) is 0 Å². The minimum Gasteiger partial charge on any atom is -0.377 e. The molecule has 108 valence electrons. The van der Waals surface area contributed by atoms with Crippen molar-refractivity contribution in [2.75, 3.05) is 12.4 Å². The molecule has 0 saturated heterocycles. The van der Waals surface area contributed by atoms with Crippen molar-refractivity contribution in [3.63, 3.8) is 0 Å². The highest BCUT2D eigenvalue weighted by Gasteiger charge is 2.03. The van der Waals surface area contributed by atoms with Crippen molar-refractivity contribution in [3.8, 4) is 0 Å². The number of benzene rings is 1. The van der Waals surface area contributed by atoms with Crippen molar-refractivity contribution >= 4 is 35.7 Å². The molecule has 0 aliphatic heterocycles. The van der Waals surface area contributed by atoms with E-state index in [0.29, 0.717) is 19.6 Å². The second kappa shape index (κ2) is 8.95. The van der Waals surface area contributed by atoms with E-state index in [9.17, 15) is 8.42 Å². The lowest BCUT2D eigenvalue weighted by Crippen LogP contribution is -1.99. The average molecular weight is 370 g/mol. The standard InChI is InChI=1S/C13H18BrClO3S/c14-13-8-4-3-7-12(13)11-18-9-5-1-2-6-10-19(15,16)17/h3-4,7-8H,1-2,5-6,9-11H2. The summed E-state index contributed by atoms with van der Waals surface area (Å²) in [5.41, 5.74) is 1.13. The molecular formula is C13H18BrClO3S. The minimum absolute atomic E-state index is 0.0619. The SMILES string of the molecule is O=S(=O)(Cl)CCCCCCOCc1ccccc1Br. The zero-order valence-corrected chi connectivity index (χ0v) is 13.8. The van der Waals surface area contributed by atoms with E-state index >= 15 is 0 Å². The predicted octanol–water partition coefficient (Wildman–Crippen LogP) is 4.09. The molecule has 0 amide bonds. The molecule has 0 saturated carbocycles. The normalized spacial score (nSPS) is 11.7. The van der Waals surface area contributed by atoms with Crippen molar-refractivity contribution in [1.29, 1.82) is 0 Å². The van der Waals surface area contributed by atoms with Gasteiger partial charge in [0.1, 0.15) is 0 Å². The molecule has 0 spiro atoms. The first-order valence-electron chi connectivity index (χ1n) is 6.22. The summed E-state index contributed by atoms with van der Waals surface area (Å²) < 4.78 is 28.0. The van der Waals surface area contributed by atoms with Gasteiger partial charge in [-0.25, -0.2) is 8.42 Å². The maximum absolute atomic E-state index is 10.7. The lowest BCUT2D eigenvalue weighted by molar-refractivity contribution is 0.116. The summed E-state index contributed by atoms with van der Waals surface area (Å²) in [5, 5.41) is 0. The Labute approximate surface area is 127 Å². The third-order valence-corrected chi connectivity index (χ3v) is 4.66. The molecule has 0 aliphatic carbocycles. The van der Waals surface area contributed by atoms with Gasteiger partial charge in [-0.2, -0.15) is 0 Å². The average Bonchev–Trinajstić information content (AvgIpc) is 2.33. The van der Waals surface area contributed by atoms with Crippen molar-refractivity contribution < 1.29 is 13.2 Å². The van der Waals surface area contributed by atoms with Crippen molar-refractivity contribution in [2.45, 2.75) is 32.3 Å². The van der Waals surface area contributed by atoms with Crippen LogP contribution in [-0.2, 0) is 20.4 Å². The summed E-state index contributed by atoms with van der Waals surface area (Å²) in [4.78, 5) is 0. The quantitative estimate of drug-likeness (QED) is 0.486. The summed E-state index contributed by atoms with van der Waals surface area (Å²) in [6.45, 7) is 1.28. The zero-order chi connectivity index (χ0) is 14.1. The molecule has 0 aliphatic rings. The summed E-state index contributed by atoms with van der Waals surface area (Å²) in [6, 6.07) is 7.97. The lowest BCUT2D eigenvalue weighted by Gasteiger charge is -2.06. The molecule has 0 atom stereocenters. The summed E-state index contributed by atoms with van der Waals surface area (Å²) in [6.07, 6.45) is 3.38. The van der Waals surface area contributed by atoms with Crippen LogP contribution in [0.2, 0.25) is 0 Å². The number of halogens is 2. The van der Waals surface area contributed by atoms with E-state index in [1.807, 2.05) is 24.3 Å². The van der Waals surface area contributed by atoms with Crippen LogP contribution in [0.5, 0.6) is 0 Å². The Morgan fingerprint density at radius 2 is 1.79 bits per heavy atom. The fourth-order valence-corrected chi connectivity index (χ4v) is 2.91. The van der Waals surface area contributed by atoms with Gasteiger partial charge < -0.3 is 4.74 Å². The van der Waals surface area contributed by atoms with Crippen LogP contribution < -0.4 is 0 Å². The largest absolute Gasteiger partial charge is 0.377 e. The maximum atomic E-state index is 10.7. The monoisotopic (exact) mass is 368 g/mol. The molecule has 19 heavy (non-hydrogen) atoms. The third-order valence-electron chi connectivity index (χ3n) is 2.64. The van der Waals surface area contributed by atoms with Gasteiger partial charge in [-0.3, -0.25) is 0 Å². The van der Waals surface area contributed by atoms with E-state index in [1.165, 1.54) is 0 Å². The molecule has 3 nitrogen and oxygen atoms in total. The topological polar surface area (TPSA) is 43.4 Å². The van der Waals surface area contributed by atoms with E-state index in [1.54, 1.807) is 0 Å². The van der Waals surface area contributed by atoms with Crippen LogP contribution >= 0.6 is 26.6 Å². The number of ether oxygens (including phenoxy) is 1. The first-order valence-corrected chi connectivity index (χ1v) is 9.49. The number of rotatable bonds is 9. The molecule has 0 heterocycles. The van der Waals surface area contributed by atoms with Crippen LogP contribution in [0.4, 0.5) is 0 Å². The Hall–Kier alpha value is -0.100. The summed E-state index contributed by atoms with van der Waals surface area (Å²) in [5.74, 6) is 0.0619. The van der Waals surface area contributed by atoms with Crippen molar-refractivity contribution in [1.82, 2.24) is 0 Å². The molecule has 0 radical (unpaired) electrons. The van der Waals surface area contributed by atoms with Crippen LogP contribution in [0.15, 0.2) is 28.7 Å². The smallest absolute Gasteiger partial charge is 0.232 e. The van der Waals surface area contributed by atoms with E-state index in [2.05, 4.69) is 15.9 Å². The number of hydrogen-bond acceptors (Lipinski definition) is 3. The second-order valence-electron chi connectivity index (χ2n) is 4.30. The van der Waals surface area contributed by atoms with Crippen LogP contribution in [-0.4, -0.2) is 20.8 Å². The molecule has 1 rings (SSSR count). The maximum Gasteiger partial charge on any atom is 0.232 e. The Morgan fingerprint density at radius 3 is 2.47 bits per heavy atom. The lowest BCUT2D eigenvalue weighted by atomic mass is 10.2. The van der Waals surface area contributed by atoms with Gasteiger partial charge in [-0.05, 0) is 24.5 Å². The fraction of sp³-hybridized carbons (Fsp3) is 0.538. The number of unbranched alkanes of at least 4 members (excludes halogenated alkanes) is 3. The van der Waals surface area contributed by atoms with E-state index < -0.39 is 9.05 Å². The fourth-order valence-electron chi connectivity index (χ4n) is 1.63. The Bertz CT molecular complexity index is 477. The van der Waals surface area contributed by atoms with Gasteiger partial charge >= 0.3 is 0 Å². The minimum atomic E-state index is -3.33. The summed E-state index contributed by atoms with van der Waals surface area (Å²) in [7, 11) is 1.79. The Morgan fingerprint density at radius 1 is 1.11 bits per heavy atom. The summed E-state index contributed by atoms with van der Waals surface area (Å²) >= 11 is 3.47. The zero-order valence-electron chi connectivity index (χ0n) is 10.6. The van der Waals surface area contributed by atoms with Crippen LogP contribution in [0.25, 0.3) is 0 Å². The highest BCUT2D eigenvalue weighted by atomic mass is 79.9.